The minimum Gasteiger partial charge on any atom is -0.352 e. The molecule has 1 saturated heterocycles. The monoisotopic (exact) mass is 352 g/mol. The van der Waals surface area contributed by atoms with Crippen LogP contribution in [0.1, 0.15) is 23.5 Å². The fraction of sp³-hybridized carbons (Fsp3) is 0.158. The molecule has 0 spiro atoms. The van der Waals surface area contributed by atoms with Crippen molar-refractivity contribution in [1.82, 2.24) is 19.8 Å². The molecule has 0 unspecified atom stereocenters. The van der Waals surface area contributed by atoms with Crippen LogP contribution < -0.4 is 5.32 Å². The van der Waals surface area contributed by atoms with Crippen LogP contribution >= 0.6 is 12.2 Å². The quantitative estimate of drug-likeness (QED) is 0.730. The van der Waals surface area contributed by atoms with E-state index in [2.05, 4.69) is 10.3 Å². The molecule has 4 nitrogen and oxygen atoms in total. The predicted octanol–water partition coefficient (Wildman–Crippen LogP) is 3.61. The first-order valence-electron chi connectivity index (χ1n) is 8.03. The first-order valence-corrected chi connectivity index (χ1v) is 8.44. The molecule has 126 valence electrons. The van der Waals surface area contributed by atoms with Gasteiger partial charge in [0, 0.05) is 25.1 Å². The number of thiocarbonyl (C=S) groups is 1. The minimum absolute atomic E-state index is 0.0861. The van der Waals surface area contributed by atoms with Crippen LogP contribution in [0, 0.1) is 5.82 Å². The van der Waals surface area contributed by atoms with Gasteiger partial charge in [-0.1, -0.05) is 18.2 Å². The standard InChI is InChI=1S/C19H17FN4S/c1-23-18(17(22-19(23)25)14-8-4-5-11-21-14)16-10-6-12-24(16)15-9-3-2-7-13(15)20/h2-12,17-18H,1H3,(H,22,25)/t17-,18+/m0/s1. The Hall–Kier alpha value is -2.73. The summed E-state index contributed by atoms with van der Waals surface area (Å²) >= 11 is 5.46. The number of hydrogen-bond acceptors (Lipinski definition) is 2. The topological polar surface area (TPSA) is 33.1 Å². The Morgan fingerprint density at radius 3 is 2.64 bits per heavy atom. The Labute approximate surface area is 150 Å². The summed E-state index contributed by atoms with van der Waals surface area (Å²) in [6, 6.07) is 16.3. The number of para-hydroxylation sites is 1. The van der Waals surface area contributed by atoms with E-state index in [1.54, 1.807) is 18.3 Å². The highest BCUT2D eigenvalue weighted by atomic mass is 32.1. The second kappa shape index (κ2) is 6.29. The number of likely N-dealkylation sites (N-methyl/N-ethyl adjacent to an activating group) is 1. The van der Waals surface area contributed by atoms with Gasteiger partial charge in [-0.3, -0.25) is 4.98 Å². The van der Waals surface area contributed by atoms with E-state index in [-0.39, 0.29) is 17.9 Å². The van der Waals surface area contributed by atoms with Gasteiger partial charge >= 0.3 is 0 Å². The number of rotatable bonds is 3. The molecule has 1 N–H and O–H groups in total. The van der Waals surface area contributed by atoms with Crippen molar-refractivity contribution in [2.24, 2.45) is 0 Å². The number of aromatic nitrogens is 2. The Morgan fingerprint density at radius 2 is 1.88 bits per heavy atom. The molecular weight excluding hydrogens is 335 g/mol. The molecule has 2 atom stereocenters. The Balaban J connectivity index is 1.82. The van der Waals surface area contributed by atoms with Crippen LogP contribution in [0.5, 0.6) is 0 Å². The van der Waals surface area contributed by atoms with Crippen molar-refractivity contribution >= 4 is 17.3 Å². The van der Waals surface area contributed by atoms with E-state index >= 15 is 0 Å². The van der Waals surface area contributed by atoms with Crippen molar-refractivity contribution in [3.8, 4) is 5.69 Å². The van der Waals surface area contributed by atoms with E-state index in [0.29, 0.717) is 10.8 Å². The number of halogens is 1. The molecule has 1 fully saturated rings. The molecule has 0 saturated carbocycles. The molecule has 1 aliphatic rings. The van der Waals surface area contributed by atoms with Gasteiger partial charge in [-0.05, 0) is 48.6 Å². The summed E-state index contributed by atoms with van der Waals surface area (Å²) in [5.41, 5.74) is 2.38. The molecule has 2 aromatic heterocycles. The second-order valence-electron chi connectivity index (χ2n) is 5.99. The van der Waals surface area contributed by atoms with Gasteiger partial charge in [0.1, 0.15) is 5.82 Å². The van der Waals surface area contributed by atoms with Gasteiger partial charge in [-0.25, -0.2) is 4.39 Å². The van der Waals surface area contributed by atoms with E-state index in [4.69, 9.17) is 12.2 Å². The predicted molar refractivity (Wildman–Crippen MR) is 98.9 cm³/mol. The van der Waals surface area contributed by atoms with E-state index in [1.165, 1.54) is 6.07 Å². The molecule has 3 aromatic rings. The van der Waals surface area contributed by atoms with Gasteiger partial charge < -0.3 is 14.8 Å². The zero-order valence-corrected chi connectivity index (χ0v) is 14.4. The van der Waals surface area contributed by atoms with Crippen molar-refractivity contribution in [1.29, 1.82) is 0 Å². The lowest BCUT2D eigenvalue weighted by Crippen LogP contribution is -2.26. The lowest BCUT2D eigenvalue weighted by Gasteiger charge is -2.25. The summed E-state index contributed by atoms with van der Waals surface area (Å²) in [7, 11) is 1.95. The van der Waals surface area contributed by atoms with Gasteiger partial charge in [-0.2, -0.15) is 0 Å². The van der Waals surface area contributed by atoms with Gasteiger partial charge in [0.15, 0.2) is 5.11 Å². The smallest absolute Gasteiger partial charge is 0.169 e. The molecule has 25 heavy (non-hydrogen) atoms. The lowest BCUT2D eigenvalue weighted by atomic mass is 10.0. The molecule has 4 rings (SSSR count). The molecule has 0 bridgehead atoms. The van der Waals surface area contributed by atoms with E-state index in [0.717, 1.165) is 11.4 Å². The van der Waals surface area contributed by atoms with Crippen LogP contribution in [0.2, 0.25) is 0 Å². The van der Waals surface area contributed by atoms with Crippen molar-refractivity contribution in [2.75, 3.05) is 7.05 Å². The summed E-state index contributed by atoms with van der Waals surface area (Å²) in [6.07, 6.45) is 3.64. The highest BCUT2D eigenvalue weighted by Gasteiger charge is 2.39. The maximum absolute atomic E-state index is 14.3. The SMILES string of the molecule is CN1C(=S)N[C@@H](c2ccccn2)[C@H]1c1cccn1-c1ccccc1F. The van der Waals surface area contributed by atoms with Gasteiger partial charge in [0.25, 0.3) is 0 Å². The maximum Gasteiger partial charge on any atom is 0.169 e. The van der Waals surface area contributed by atoms with Crippen molar-refractivity contribution in [3.63, 3.8) is 0 Å². The molecule has 1 aliphatic heterocycles. The van der Waals surface area contributed by atoms with Crippen LogP contribution in [0.25, 0.3) is 5.69 Å². The van der Waals surface area contributed by atoms with Crippen LogP contribution in [0.15, 0.2) is 67.0 Å². The highest BCUT2D eigenvalue weighted by molar-refractivity contribution is 7.80. The molecule has 0 amide bonds. The summed E-state index contributed by atoms with van der Waals surface area (Å²) in [5, 5.41) is 3.99. The third kappa shape index (κ3) is 2.68. The average molecular weight is 352 g/mol. The zero-order chi connectivity index (χ0) is 17.4. The Bertz CT molecular complexity index is 909. The van der Waals surface area contributed by atoms with Crippen molar-refractivity contribution in [2.45, 2.75) is 12.1 Å². The first-order chi connectivity index (χ1) is 12.2. The number of nitrogens with one attached hydrogen (secondary N) is 1. The zero-order valence-electron chi connectivity index (χ0n) is 13.6. The van der Waals surface area contributed by atoms with E-state index < -0.39 is 0 Å². The third-order valence-electron chi connectivity index (χ3n) is 4.53. The molecule has 3 heterocycles. The number of hydrogen-bond donors (Lipinski definition) is 1. The van der Waals surface area contributed by atoms with Gasteiger partial charge in [0.2, 0.25) is 0 Å². The molecule has 0 radical (unpaired) electrons. The largest absolute Gasteiger partial charge is 0.352 e. The third-order valence-corrected chi connectivity index (χ3v) is 4.94. The van der Waals surface area contributed by atoms with Crippen LogP contribution in [0.3, 0.4) is 0 Å². The summed E-state index contributed by atoms with van der Waals surface area (Å²) in [4.78, 5) is 6.48. The van der Waals surface area contributed by atoms with Gasteiger partial charge in [-0.15, -0.1) is 0 Å². The maximum atomic E-state index is 14.3. The van der Waals surface area contributed by atoms with Crippen LogP contribution in [-0.2, 0) is 0 Å². The summed E-state index contributed by atoms with van der Waals surface area (Å²) in [5.74, 6) is -0.259. The second-order valence-corrected chi connectivity index (χ2v) is 6.38. The molecular formula is C19H17FN4S. The Morgan fingerprint density at radius 1 is 1.08 bits per heavy atom. The van der Waals surface area contributed by atoms with Gasteiger partial charge in [0.05, 0.1) is 23.5 Å². The fourth-order valence-electron chi connectivity index (χ4n) is 3.33. The van der Waals surface area contributed by atoms with Crippen LogP contribution in [-0.4, -0.2) is 26.6 Å². The Kier molecular flexibility index (Phi) is 3.97. The van der Waals surface area contributed by atoms with Crippen molar-refractivity contribution in [3.05, 3.63) is 84.2 Å². The highest BCUT2D eigenvalue weighted by Crippen LogP contribution is 2.38. The van der Waals surface area contributed by atoms with Crippen molar-refractivity contribution < 1.29 is 4.39 Å². The minimum atomic E-state index is -0.259. The molecule has 1 aromatic carbocycles. The van der Waals surface area contributed by atoms with E-state index in [1.807, 2.05) is 59.1 Å². The summed E-state index contributed by atoms with van der Waals surface area (Å²) in [6.45, 7) is 0. The average Bonchev–Trinajstić information content (AvgIpc) is 3.21. The number of nitrogens with zero attached hydrogens (tertiary/aromatic N) is 3. The summed E-state index contributed by atoms with van der Waals surface area (Å²) < 4.78 is 16.2. The van der Waals surface area contributed by atoms with Crippen LogP contribution in [0.4, 0.5) is 4.39 Å². The first kappa shape index (κ1) is 15.8. The molecule has 6 heteroatoms. The number of benzene rings is 1. The normalized spacial score (nSPS) is 19.9. The number of pyridine rings is 1. The van der Waals surface area contributed by atoms with E-state index in [9.17, 15) is 4.39 Å². The fourth-order valence-corrected chi connectivity index (χ4v) is 3.57. The lowest BCUT2D eigenvalue weighted by molar-refractivity contribution is 0.356. The molecule has 0 aliphatic carbocycles.